The van der Waals surface area contributed by atoms with E-state index in [1.165, 1.54) is 83.6 Å². The summed E-state index contributed by atoms with van der Waals surface area (Å²) in [5, 5.41) is 3.68. The highest BCUT2D eigenvalue weighted by atomic mass is 15.3. The molecule has 27 heavy (non-hydrogen) atoms. The fraction of sp³-hybridized carbons (Fsp3) is 1.00. The van der Waals surface area contributed by atoms with E-state index in [9.17, 15) is 0 Å². The summed E-state index contributed by atoms with van der Waals surface area (Å²) in [6.45, 7) is 9.45. The number of nitrogens with one attached hydrogen (secondary N) is 1. The molecule has 0 aromatic carbocycles. The normalized spacial score (nSPS) is 12.8. The Morgan fingerprint density at radius 2 is 1.11 bits per heavy atom. The average Bonchev–Trinajstić information content (AvgIpc) is 2.69. The van der Waals surface area contributed by atoms with E-state index in [1.54, 1.807) is 0 Å². The number of nitrogens with two attached hydrogens (primary N) is 2. The monoisotopic (exact) mass is 384 g/mol. The van der Waals surface area contributed by atoms with Gasteiger partial charge in [0.05, 0.1) is 6.17 Å². The summed E-state index contributed by atoms with van der Waals surface area (Å²) in [6.07, 6.45) is 20.7. The Labute approximate surface area is 171 Å². The lowest BCUT2D eigenvalue weighted by atomic mass is 10.1. The molecule has 0 saturated heterocycles. The molecule has 0 radical (unpaired) electrons. The molecule has 0 aliphatic carbocycles. The smallest absolute Gasteiger partial charge is 0.0594 e. The van der Waals surface area contributed by atoms with Gasteiger partial charge in [-0.15, -0.1) is 0 Å². The lowest BCUT2D eigenvalue weighted by molar-refractivity contribution is 0.155. The Hall–Kier alpha value is -0.160. The fourth-order valence-corrected chi connectivity index (χ4v) is 3.78. The molecule has 4 heteroatoms. The van der Waals surface area contributed by atoms with Crippen molar-refractivity contribution in [1.29, 1.82) is 0 Å². The lowest BCUT2D eigenvalue weighted by Crippen LogP contribution is -2.47. The first-order valence-electron chi connectivity index (χ1n) is 12.2. The first kappa shape index (κ1) is 26.8. The summed E-state index contributed by atoms with van der Waals surface area (Å²) in [5.41, 5.74) is 11.4. The van der Waals surface area contributed by atoms with E-state index >= 15 is 0 Å². The lowest BCUT2D eigenvalue weighted by Gasteiger charge is -2.32. The van der Waals surface area contributed by atoms with Gasteiger partial charge in [0.1, 0.15) is 0 Å². The SMILES string of the molecule is CCCCCCCCCCCCCCN(CCCN)C(CC)NCCCN. The van der Waals surface area contributed by atoms with E-state index in [0.717, 1.165) is 45.4 Å². The third kappa shape index (κ3) is 17.7. The Bertz CT molecular complexity index is 273. The number of unbranched alkanes of at least 4 members (excludes halogenated alkanes) is 11. The van der Waals surface area contributed by atoms with Crippen molar-refractivity contribution in [3.8, 4) is 0 Å². The van der Waals surface area contributed by atoms with Gasteiger partial charge in [-0.1, -0.05) is 84.5 Å². The summed E-state index contributed by atoms with van der Waals surface area (Å²) < 4.78 is 0. The van der Waals surface area contributed by atoms with Crippen LogP contribution in [0.2, 0.25) is 0 Å². The van der Waals surface area contributed by atoms with Crippen molar-refractivity contribution in [2.75, 3.05) is 32.7 Å². The van der Waals surface area contributed by atoms with Gasteiger partial charge < -0.3 is 16.8 Å². The number of hydrogen-bond acceptors (Lipinski definition) is 4. The van der Waals surface area contributed by atoms with Crippen LogP contribution in [-0.2, 0) is 0 Å². The summed E-state index contributed by atoms with van der Waals surface area (Å²) in [7, 11) is 0. The van der Waals surface area contributed by atoms with Crippen LogP contribution in [0.25, 0.3) is 0 Å². The van der Waals surface area contributed by atoms with Gasteiger partial charge >= 0.3 is 0 Å². The third-order valence-electron chi connectivity index (χ3n) is 5.54. The zero-order chi connectivity index (χ0) is 20.0. The van der Waals surface area contributed by atoms with Crippen molar-refractivity contribution in [2.24, 2.45) is 11.5 Å². The second-order valence-electron chi connectivity index (χ2n) is 8.09. The summed E-state index contributed by atoms with van der Waals surface area (Å²) >= 11 is 0. The van der Waals surface area contributed by atoms with Crippen molar-refractivity contribution in [2.45, 2.75) is 116 Å². The fourth-order valence-electron chi connectivity index (χ4n) is 3.78. The van der Waals surface area contributed by atoms with Crippen LogP contribution in [0, 0.1) is 0 Å². The van der Waals surface area contributed by atoms with Gasteiger partial charge in [-0.25, -0.2) is 0 Å². The predicted octanol–water partition coefficient (Wildman–Crippen LogP) is 5.01. The van der Waals surface area contributed by atoms with Crippen LogP contribution >= 0.6 is 0 Å². The molecule has 5 N–H and O–H groups in total. The molecule has 0 aromatic heterocycles. The van der Waals surface area contributed by atoms with Crippen molar-refractivity contribution in [1.82, 2.24) is 10.2 Å². The Balaban J connectivity index is 3.73. The minimum atomic E-state index is 0.482. The Morgan fingerprint density at radius 1 is 0.630 bits per heavy atom. The second-order valence-corrected chi connectivity index (χ2v) is 8.09. The average molecular weight is 385 g/mol. The van der Waals surface area contributed by atoms with Gasteiger partial charge in [-0.05, 0) is 51.9 Å². The van der Waals surface area contributed by atoms with E-state index < -0.39 is 0 Å². The van der Waals surface area contributed by atoms with Crippen LogP contribution in [0.5, 0.6) is 0 Å². The molecular weight excluding hydrogens is 332 g/mol. The zero-order valence-corrected chi connectivity index (χ0v) is 18.8. The molecule has 0 heterocycles. The standard InChI is InChI=1S/C23H52N4/c1-3-5-6-7-8-9-10-11-12-13-14-15-21-27(22-17-19-25)23(4-2)26-20-16-18-24/h23,26H,3-22,24-25H2,1-2H3. The molecule has 0 rings (SSSR count). The van der Waals surface area contributed by atoms with Crippen LogP contribution in [0.4, 0.5) is 0 Å². The maximum atomic E-state index is 5.74. The molecule has 0 aromatic rings. The summed E-state index contributed by atoms with van der Waals surface area (Å²) in [4.78, 5) is 2.61. The van der Waals surface area contributed by atoms with E-state index in [1.807, 2.05) is 0 Å². The molecular formula is C23H52N4. The maximum Gasteiger partial charge on any atom is 0.0594 e. The van der Waals surface area contributed by atoms with Gasteiger partial charge in [0.15, 0.2) is 0 Å². The van der Waals surface area contributed by atoms with Crippen molar-refractivity contribution in [3.63, 3.8) is 0 Å². The maximum absolute atomic E-state index is 5.74. The first-order chi connectivity index (χ1) is 13.3. The molecule has 0 spiro atoms. The molecule has 0 saturated carbocycles. The largest absolute Gasteiger partial charge is 0.330 e. The van der Waals surface area contributed by atoms with Crippen LogP contribution in [0.1, 0.15) is 110 Å². The molecule has 1 atom stereocenters. The molecule has 164 valence electrons. The molecule has 0 fully saturated rings. The Morgan fingerprint density at radius 3 is 1.59 bits per heavy atom. The first-order valence-corrected chi connectivity index (χ1v) is 12.2. The summed E-state index contributed by atoms with van der Waals surface area (Å²) in [5.74, 6) is 0. The van der Waals surface area contributed by atoms with Gasteiger partial charge in [0, 0.05) is 6.54 Å². The highest BCUT2D eigenvalue weighted by molar-refractivity contribution is 4.69. The predicted molar refractivity (Wildman–Crippen MR) is 122 cm³/mol. The van der Waals surface area contributed by atoms with E-state index in [4.69, 9.17) is 11.5 Å². The minimum Gasteiger partial charge on any atom is -0.330 e. The minimum absolute atomic E-state index is 0.482. The van der Waals surface area contributed by atoms with E-state index in [0.29, 0.717) is 6.17 Å². The highest BCUT2D eigenvalue weighted by Gasteiger charge is 2.14. The molecule has 4 nitrogen and oxygen atoms in total. The van der Waals surface area contributed by atoms with Crippen molar-refractivity contribution < 1.29 is 0 Å². The van der Waals surface area contributed by atoms with Gasteiger partial charge in [-0.2, -0.15) is 0 Å². The van der Waals surface area contributed by atoms with E-state index in [-0.39, 0.29) is 0 Å². The number of nitrogens with zero attached hydrogens (tertiary/aromatic N) is 1. The zero-order valence-electron chi connectivity index (χ0n) is 18.8. The highest BCUT2D eigenvalue weighted by Crippen LogP contribution is 2.13. The molecule has 1 unspecified atom stereocenters. The van der Waals surface area contributed by atoms with Gasteiger partial charge in [-0.3, -0.25) is 4.90 Å². The van der Waals surface area contributed by atoms with Crippen molar-refractivity contribution in [3.05, 3.63) is 0 Å². The second kappa shape index (κ2) is 22.1. The van der Waals surface area contributed by atoms with E-state index in [2.05, 4.69) is 24.1 Å². The molecule has 0 aliphatic rings. The summed E-state index contributed by atoms with van der Waals surface area (Å²) in [6, 6.07) is 0. The number of rotatable bonds is 22. The van der Waals surface area contributed by atoms with Gasteiger partial charge in [0.25, 0.3) is 0 Å². The molecule has 0 amide bonds. The van der Waals surface area contributed by atoms with Crippen LogP contribution in [0.3, 0.4) is 0 Å². The van der Waals surface area contributed by atoms with Crippen LogP contribution < -0.4 is 16.8 Å². The molecule has 0 aliphatic heterocycles. The van der Waals surface area contributed by atoms with Crippen LogP contribution in [0.15, 0.2) is 0 Å². The van der Waals surface area contributed by atoms with Gasteiger partial charge in [0.2, 0.25) is 0 Å². The number of hydrogen-bond donors (Lipinski definition) is 3. The molecule has 0 bridgehead atoms. The third-order valence-corrected chi connectivity index (χ3v) is 5.54. The van der Waals surface area contributed by atoms with Crippen LogP contribution in [-0.4, -0.2) is 43.8 Å². The Kier molecular flexibility index (Phi) is 22.0. The topological polar surface area (TPSA) is 67.3 Å². The quantitative estimate of drug-likeness (QED) is 0.181. The van der Waals surface area contributed by atoms with Crippen molar-refractivity contribution >= 4 is 0 Å².